The van der Waals surface area contributed by atoms with E-state index >= 15 is 0 Å². The number of nitrogens with one attached hydrogen (secondary N) is 1. The van der Waals surface area contributed by atoms with Gasteiger partial charge in [0.2, 0.25) is 0 Å². The second kappa shape index (κ2) is 7.97. The van der Waals surface area contributed by atoms with E-state index in [0.29, 0.717) is 29.8 Å². The predicted octanol–water partition coefficient (Wildman–Crippen LogP) is 3.57. The van der Waals surface area contributed by atoms with E-state index in [1.54, 1.807) is 25.1 Å². The number of rotatable bonds is 6. The lowest BCUT2D eigenvalue weighted by Gasteiger charge is -2.09. The van der Waals surface area contributed by atoms with Gasteiger partial charge in [-0.2, -0.15) is 15.0 Å². The fourth-order valence-electron chi connectivity index (χ4n) is 2.90. The molecule has 8 nitrogen and oxygen atoms in total. The molecule has 0 radical (unpaired) electrons. The van der Waals surface area contributed by atoms with Crippen molar-refractivity contribution in [2.45, 2.75) is 13.3 Å². The number of anilines is 1. The highest BCUT2D eigenvalue weighted by molar-refractivity contribution is 5.69. The Morgan fingerprint density at radius 2 is 1.72 bits per heavy atom. The van der Waals surface area contributed by atoms with Crippen LogP contribution in [0.25, 0.3) is 22.7 Å². The quantitative estimate of drug-likeness (QED) is 0.458. The van der Waals surface area contributed by atoms with Crippen LogP contribution in [0.2, 0.25) is 0 Å². The molecule has 4 aromatic rings. The third kappa shape index (κ3) is 4.49. The zero-order chi connectivity index (χ0) is 20.2. The van der Waals surface area contributed by atoms with Crippen LogP contribution in [0.3, 0.4) is 0 Å². The summed E-state index contributed by atoms with van der Waals surface area (Å²) in [6.07, 6.45) is 0.742. The Labute approximate surface area is 166 Å². The summed E-state index contributed by atoms with van der Waals surface area (Å²) in [5, 5.41) is 26.3. The molecule has 0 atom stereocenters. The molecule has 2 aromatic carbocycles. The van der Waals surface area contributed by atoms with Crippen molar-refractivity contribution in [2.75, 3.05) is 11.9 Å². The van der Waals surface area contributed by atoms with Gasteiger partial charge < -0.3 is 20.1 Å². The average Bonchev–Trinajstić information content (AvgIpc) is 3.16. The maximum atomic E-state index is 9.96. The van der Waals surface area contributed by atoms with Gasteiger partial charge in [-0.3, -0.25) is 0 Å². The Morgan fingerprint density at radius 1 is 0.931 bits per heavy atom. The lowest BCUT2D eigenvalue weighted by Crippen LogP contribution is -2.07. The lowest BCUT2D eigenvalue weighted by molar-refractivity contribution is 0.425. The number of hydrogen-bond donors (Lipinski definition) is 3. The Hall–Kier alpha value is -3.94. The molecule has 0 saturated heterocycles. The molecule has 4 rings (SSSR count). The fourth-order valence-corrected chi connectivity index (χ4v) is 2.90. The summed E-state index contributed by atoms with van der Waals surface area (Å²) in [5.41, 5.74) is 3.21. The van der Waals surface area contributed by atoms with E-state index in [2.05, 4.69) is 25.4 Å². The Balaban J connectivity index is 1.51. The molecule has 0 saturated carbocycles. The van der Waals surface area contributed by atoms with E-state index < -0.39 is 0 Å². The van der Waals surface area contributed by atoms with Crippen LogP contribution in [-0.4, -0.2) is 36.9 Å². The van der Waals surface area contributed by atoms with Gasteiger partial charge in [0, 0.05) is 23.7 Å². The smallest absolute Gasteiger partial charge is 0.316 e. The topological polar surface area (TPSA) is 117 Å². The second-order valence-electron chi connectivity index (χ2n) is 6.51. The molecule has 0 bridgehead atoms. The number of phenols is 1. The maximum absolute atomic E-state index is 9.96. The molecule has 146 valence electrons. The van der Waals surface area contributed by atoms with Crippen LogP contribution in [0.4, 0.5) is 5.82 Å². The van der Waals surface area contributed by atoms with Gasteiger partial charge in [0.05, 0.1) is 5.69 Å². The highest BCUT2D eigenvalue weighted by Gasteiger charge is 2.10. The molecule has 8 heteroatoms. The first-order valence-electron chi connectivity index (χ1n) is 9.08. The van der Waals surface area contributed by atoms with Crippen molar-refractivity contribution in [1.82, 2.24) is 20.1 Å². The number of aryl methyl sites for hydroxylation is 1. The van der Waals surface area contributed by atoms with Crippen molar-refractivity contribution in [3.63, 3.8) is 0 Å². The summed E-state index contributed by atoms with van der Waals surface area (Å²) in [6.45, 7) is 2.37. The van der Waals surface area contributed by atoms with Crippen molar-refractivity contribution < 1.29 is 14.7 Å². The van der Waals surface area contributed by atoms with Crippen LogP contribution >= 0.6 is 0 Å². The zero-order valence-corrected chi connectivity index (χ0v) is 15.7. The van der Waals surface area contributed by atoms with Gasteiger partial charge in [0.15, 0.2) is 5.82 Å². The molecule has 2 heterocycles. The highest BCUT2D eigenvalue weighted by Crippen LogP contribution is 2.26. The molecule has 2 aromatic heterocycles. The molecule has 0 unspecified atom stereocenters. The minimum atomic E-state index is -0.311. The first kappa shape index (κ1) is 18.4. The van der Waals surface area contributed by atoms with Crippen LogP contribution in [0.1, 0.15) is 11.4 Å². The van der Waals surface area contributed by atoms with E-state index in [0.717, 1.165) is 23.1 Å². The van der Waals surface area contributed by atoms with E-state index in [9.17, 15) is 10.2 Å². The van der Waals surface area contributed by atoms with Gasteiger partial charge in [0.25, 0.3) is 5.89 Å². The summed E-state index contributed by atoms with van der Waals surface area (Å²) >= 11 is 0. The van der Waals surface area contributed by atoms with E-state index in [-0.39, 0.29) is 11.8 Å². The predicted molar refractivity (Wildman–Crippen MR) is 107 cm³/mol. The Bertz CT molecular complexity index is 1130. The third-order valence-electron chi connectivity index (χ3n) is 4.30. The first-order chi connectivity index (χ1) is 14.1. The number of aromatic nitrogens is 4. The Morgan fingerprint density at radius 3 is 2.48 bits per heavy atom. The minimum absolute atomic E-state index is 0.241. The van der Waals surface area contributed by atoms with Gasteiger partial charge >= 0.3 is 6.01 Å². The van der Waals surface area contributed by atoms with Crippen LogP contribution in [0.15, 0.2) is 59.1 Å². The number of hydrogen-bond acceptors (Lipinski definition) is 8. The summed E-state index contributed by atoms with van der Waals surface area (Å²) in [4.78, 5) is 12.4. The van der Waals surface area contributed by atoms with Gasteiger partial charge in [-0.05, 0) is 43.2 Å². The second-order valence-corrected chi connectivity index (χ2v) is 6.51. The minimum Gasteiger partial charge on any atom is -0.508 e. The van der Waals surface area contributed by atoms with E-state index in [1.807, 2.05) is 36.4 Å². The number of aromatic hydroxyl groups is 2. The first-order valence-corrected chi connectivity index (χ1v) is 9.08. The lowest BCUT2D eigenvalue weighted by atomic mass is 10.1. The molecule has 0 fully saturated rings. The normalized spacial score (nSPS) is 10.8. The van der Waals surface area contributed by atoms with Gasteiger partial charge in [-0.1, -0.05) is 29.4 Å². The standard InChI is InChI=1S/C21H19N5O3/c1-13-23-20(29-26-13)16-4-2-3-15(11-16)18-12-19(25-21(28)24-18)22-10-9-14-5-7-17(27)8-6-14/h2-8,11-12,27H,9-10H2,1H3,(H2,22,24,25,28). The summed E-state index contributed by atoms with van der Waals surface area (Å²) in [6, 6.07) is 16.0. The number of nitrogens with zero attached hydrogens (tertiary/aromatic N) is 4. The molecule has 0 aliphatic heterocycles. The maximum Gasteiger partial charge on any atom is 0.316 e. The molecular weight excluding hydrogens is 370 g/mol. The van der Waals surface area contributed by atoms with Crippen molar-refractivity contribution in [2.24, 2.45) is 0 Å². The molecular formula is C21H19N5O3. The van der Waals surface area contributed by atoms with Crippen LogP contribution < -0.4 is 5.32 Å². The Kier molecular flexibility index (Phi) is 5.07. The van der Waals surface area contributed by atoms with E-state index in [1.165, 1.54) is 0 Å². The summed E-state index contributed by atoms with van der Waals surface area (Å²) in [5.74, 6) is 1.75. The van der Waals surface area contributed by atoms with Crippen molar-refractivity contribution in [1.29, 1.82) is 0 Å². The zero-order valence-electron chi connectivity index (χ0n) is 15.7. The number of phenolic OH excluding ortho intramolecular Hbond substituents is 1. The molecule has 0 amide bonds. The average molecular weight is 389 g/mol. The monoisotopic (exact) mass is 389 g/mol. The fraction of sp³-hybridized carbons (Fsp3) is 0.143. The van der Waals surface area contributed by atoms with Crippen molar-refractivity contribution in [3.05, 3.63) is 66.0 Å². The third-order valence-corrected chi connectivity index (χ3v) is 4.30. The molecule has 29 heavy (non-hydrogen) atoms. The van der Waals surface area contributed by atoms with Crippen LogP contribution in [-0.2, 0) is 6.42 Å². The summed E-state index contributed by atoms with van der Waals surface area (Å²) < 4.78 is 5.22. The van der Waals surface area contributed by atoms with Gasteiger partial charge in [-0.25, -0.2) is 0 Å². The SMILES string of the molecule is Cc1noc(-c2cccc(-c3cc(NCCc4ccc(O)cc4)nc(O)n3)c2)n1. The largest absolute Gasteiger partial charge is 0.508 e. The molecule has 3 N–H and O–H groups in total. The summed E-state index contributed by atoms with van der Waals surface area (Å²) in [7, 11) is 0. The number of benzene rings is 2. The van der Waals surface area contributed by atoms with Crippen molar-refractivity contribution >= 4 is 5.82 Å². The molecule has 0 aliphatic carbocycles. The van der Waals surface area contributed by atoms with Crippen LogP contribution in [0.5, 0.6) is 11.8 Å². The van der Waals surface area contributed by atoms with Crippen LogP contribution in [0, 0.1) is 6.92 Å². The van der Waals surface area contributed by atoms with Crippen molar-refractivity contribution in [3.8, 4) is 34.5 Å². The highest BCUT2D eigenvalue weighted by atomic mass is 16.5. The van der Waals surface area contributed by atoms with Gasteiger partial charge in [-0.15, -0.1) is 0 Å². The molecule has 0 aliphatic rings. The van der Waals surface area contributed by atoms with E-state index in [4.69, 9.17) is 4.52 Å². The molecule has 0 spiro atoms. The van der Waals surface area contributed by atoms with Gasteiger partial charge in [0.1, 0.15) is 11.6 Å².